The van der Waals surface area contributed by atoms with Crippen LogP contribution in [-0.2, 0) is 9.59 Å². The second-order valence-electron chi connectivity index (χ2n) is 6.10. The molecule has 0 aromatic rings. The van der Waals surface area contributed by atoms with Gasteiger partial charge in [-0.15, -0.1) is 0 Å². The van der Waals surface area contributed by atoms with Crippen molar-refractivity contribution >= 4 is 11.8 Å². The monoisotopic (exact) mass is 265 g/mol. The molecule has 1 saturated carbocycles. The Morgan fingerprint density at radius 2 is 2.00 bits per heavy atom. The summed E-state index contributed by atoms with van der Waals surface area (Å²) in [6, 6.07) is 0.0955. The minimum atomic E-state index is -0.328. The van der Waals surface area contributed by atoms with Gasteiger partial charge in [0.25, 0.3) is 0 Å². The van der Waals surface area contributed by atoms with Crippen LogP contribution in [0.5, 0.6) is 0 Å². The molecule has 2 heterocycles. The first kappa shape index (κ1) is 12.9. The van der Waals surface area contributed by atoms with Crippen LogP contribution < -0.4 is 16.0 Å². The molecule has 3 N–H and O–H groups in total. The van der Waals surface area contributed by atoms with E-state index in [2.05, 4.69) is 16.0 Å². The Balaban J connectivity index is 1.54. The molecule has 4 unspecified atom stereocenters. The molecular formula is C14H23N3O2. The smallest absolute Gasteiger partial charge is 0.242 e. The van der Waals surface area contributed by atoms with Crippen LogP contribution in [0.1, 0.15) is 44.9 Å². The Bertz CT molecular complexity index is 358. The van der Waals surface area contributed by atoms with E-state index in [9.17, 15) is 9.59 Å². The molecule has 5 nitrogen and oxygen atoms in total. The van der Waals surface area contributed by atoms with Gasteiger partial charge < -0.3 is 16.0 Å². The highest BCUT2D eigenvalue weighted by Gasteiger charge is 2.39. The summed E-state index contributed by atoms with van der Waals surface area (Å²) in [5, 5.41) is 9.16. The van der Waals surface area contributed by atoms with Crippen molar-refractivity contribution in [2.75, 3.05) is 6.54 Å². The molecule has 1 aliphatic carbocycles. The molecule has 106 valence electrons. The highest BCUT2D eigenvalue weighted by Crippen LogP contribution is 2.33. The Morgan fingerprint density at radius 3 is 2.79 bits per heavy atom. The molecule has 0 aromatic carbocycles. The zero-order chi connectivity index (χ0) is 13.2. The number of hydrogen-bond acceptors (Lipinski definition) is 3. The van der Waals surface area contributed by atoms with Crippen LogP contribution in [0.3, 0.4) is 0 Å². The summed E-state index contributed by atoms with van der Waals surface area (Å²) in [5.41, 5.74) is 0. The molecule has 0 bridgehead atoms. The van der Waals surface area contributed by atoms with E-state index in [1.165, 1.54) is 25.7 Å². The lowest BCUT2D eigenvalue weighted by molar-refractivity contribution is -0.130. The molecule has 2 saturated heterocycles. The summed E-state index contributed by atoms with van der Waals surface area (Å²) in [5.74, 6) is 0.635. The van der Waals surface area contributed by atoms with Crippen LogP contribution in [0.2, 0.25) is 0 Å². The summed E-state index contributed by atoms with van der Waals surface area (Å²) < 4.78 is 0. The van der Waals surface area contributed by atoms with E-state index in [4.69, 9.17) is 0 Å². The number of carbonyl (C=O) groups is 2. The Labute approximate surface area is 113 Å². The molecule has 4 atom stereocenters. The van der Waals surface area contributed by atoms with E-state index in [1.54, 1.807) is 0 Å². The van der Waals surface area contributed by atoms with Gasteiger partial charge in [-0.3, -0.25) is 9.59 Å². The van der Waals surface area contributed by atoms with Crippen LogP contribution in [-0.4, -0.2) is 36.5 Å². The normalized spacial score (nSPS) is 38.4. The number of nitrogens with one attached hydrogen (secondary N) is 3. The van der Waals surface area contributed by atoms with Gasteiger partial charge in [0, 0.05) is 12.6 Å². The van der Waals surface area contributed by atoms with Gasteiger partial charge in [-0.05, 0) is 38.0 Å². The van der Waals surface area contributed by atoms with Crippen molar-refractivity contribution < 1.29 is 9.59 Å². The number of amides is 2. The Hall–Kier alpha value is -1.10. The van der Waals surface area contributed by atoms with E-state index in [1.807, 2.05) is 0 Å². The van der Waals surface area contributed by atoms with E-state index in [0.717, 1.165) is 25.8 Å². The van der Waals surface area contributed by atoms with Gasteiger partial charge in [-0.25, -0.2) is 0 Å². The van der Waals surface area contributed by atoms with Gasteiger partial charge in [0.1, 0.15) is 6.04 Å². The van der Waals surface area contributed by atoms with Crippen LogP contribution in [0, 0.1) is 5.92 Å². The molecule has 0 spiro atoms. The quantitative estimate of drug-likeness (QED) is 0.672. The maximum absolute atomic E-state index is 12.2. The summed E-state index contributed by atoms with van der Waals surface area (Å²) in [4.78, 5) is 23.9. The first-order chi connectivity index (χ1) is 9.24. The standard InChI is InChI=1S/C14H23N3O2/c18-13-11(6-3-7-15-13)17-14(19)12-8-9-4-1-2-5-10(9)16-12/h9-12,16H,1-8H2,(H,15,18)(H,17,19). The molecular weight excluding hydrogens is 242 g/mol. The first-order valence-electron chi connectivity index (χ1n) is 7.58. The SMILES string of the molecule is O=C1NCCCC1NC(=O)C1CC2CCCCC2N1. The van der Waals surface area contributed by atoms with Gasteiger partial charge in [-0.2, -0.15) is 0 Å². The second kappa shape index (κ2) is 5.49. The van der Waals surface area contributed by atoms with E-state index >= 15 is 0 Å². The van der Waals surface area contributed by atoms with Crippen molar-refractivity contribution in [2.45, 2.75) is 63.1 Å². The summed E-state index contributed by atoms with van der Waals surface area (Å²) >= 11 is 0. The number of carbonyl (C=O) groups excluding carboxylic acids is 2. The van der Waals surface area contributed by atoms with Crippen molar-refractivity contribution in [1.82, 2.24) is 16.0 Å². The van der Waals surface area contributed by atoms with Crippen molar-refractivity contribution in [2.24, 2.45) is 5.92 Å². The predicted molar refractivity (Wildman–Crippen MR) is 71.5 cm³/mol. The number of rotatable bonds is 2. The highest BCUT2D eigenvalue weighted by atomic mass is 16.2. The maximum Gasteiger partial charge on any atom is 0.242 e. The average Bonchev–Trinajstić information content (AvgIpc) is 2.85. The van der Waals surface area contributed by atoms with Gasteiger partial charge in [0.15, 0.2) is 0 Å². The van der Waals surface area contributed by atoms with Crippen molar-refractivity contribution in [3.8, 4) is 0 Å². The van der Waals surface area contributed by atoms with Gasteiger partial charge >= 0.3 is 0 Å². The van der Waals surface area contributed by atoms with Crippen molar-refractivity contribution in [1.29, 1.82) is 0 Å². The Morgan fingerprint density at radius 1 is 1.16 bits per heavy atom. The Kier molecular flexibility index (Phi) is 3.73. The van der Waals surface area contributed by atoms with Crippen molar-refractivity contribution in [3.63, 3.8) is 0 Å². The fraction of sp³-hybridized carbons (Fsp3) is 0.857. The second-order valence-corrected chi connectivity index (χ2v) is 6.10. The molecule has 0 radical (unpaired) electrons. The van der Waals surface area contributed by atoms with Crippen molar-refractivity contribution in [3.05, 3.63) is 0 Å². The molecule has 3 fully saturated rings. The summed E-state index contributed by atoms with van der Waals surface area (Å²) in [6.45, 7) is 0.733. The minimum absolute atomic E-state index is 0.0106. The molecule has 2 amide bonds. The highest BCUT2D eigenvalue weighted by molar-refractivity contribution is 5.90. The maximum atomic E-state index is 12.2. The average molecular weight is 265 g/mol. The number of piperidine rings is 1. The molecule has 19 heavy (non-hydrogen) atoms. The third-order valence-corrected chi connectivity index (χ3v) is 4.78. The topological polar surface area (TPSA) is 70.2 Å². The van der Waals surface area contributed by atoms with Gasteiger partial charge in [0.2, 0.25) is 11.8 Å². The number of fused-ring (bicyclic) bond motifs is 1. The van der Waals surface area contributed by atoms with Crippen LogP contribution in [0.25, 0.3) is 0 Å². The van der Waals surface area contributed by atoms with Crippen LogP contribution in [0.4, 0.5) is 0 Å². The lowest BCUT2D eigenvalue weighted by atomic mass is 9.85. The zero-order valence-electron chi connectivity index (χ0n) is 11.3. The lowest BCUT2D eigenvalue weighted by Gasteiger charge is -2.25. The van der Waals surface area contributed by atoms with E-state index in [0.29, 0.717) is 12.0 Å². The third kappa shape index (κ3) is 2.76. The fourth-order valence-electron chi connectivity index (χ4n) is 3.70. The molecule has 0 aromatic heterocycles. The van der Waals surface area contributed by atoms with E-state index < -0.39 is 0 Å². The molecule has 2 aliphatic heterocycles. The van der Waals surface area contributed by atoms with Gasteiger partial charge in [-0.1, -0.05) is 12.8 Å². The molecule has 3 rings (SSSR count). The summed E-state index contributed by atoms with van der Waals surface area (Å²) in [7, 11) is 0. The molecule has 5 heteroatoms. The lowest BCUT2D eigenvalue weighted by Crippen LogP contribution is -2.54. The minimum Gasteiger partial charge on any atom is -0.354 e. The van der Waals surface area contributed by atoms with Crippen LogP contribution >= 0.6 is 0 Å². The fourth-order valence-corrected chi connectivity index (χ4v) is 3.70. The zero-order valence-corrected chi connectivity index (χ0v) is 11.3. The van der Waals surface area contributed by atoms with Gasteiger partial charge in [0.05, 0.1) is 6.04 Å². The third-order valence-electron chi connectivity index (χ3n) is 4.78. The number of hydrogen-bond donors (Lipinski definition) is 3. The van der Waals surface area contributed by atoms with Crippen LogP contribution in [0.15, 0.2) is 0 Å². The predicted octanol–water partition coefficient (Wildman–Crippen LogP) is 0.302. The van der Waals surface area contributed by atoms with E-state index in [-0.39, 0.29) is 23.9 Å². The molecule has 3 aliphatic rings. The summed E-state index contributed by atoms with van der Waals surface area (Å²) in [6.07, 6.45) is 7.64. The largest absolute Gasteiger partial charge is 0.354 e. The first-order valence-corrected chi connectivity index (χ1v) is 7.58.